The highest BCUT2D eigenvalue weighted by Gasteiger charge is 2.14. The minimum Gasteiger partial charge on any atom is -0.383 e. The van der Waals surface area contributed by atoms with Gasteiger partial charge in [0.1, 0.15) is 5.82 Å². The van der Waals surface area contributed by atoms with Crippen molar-refractivity contribution in [3.05, 3.63) is 71.9 Å². The number of benzene rings is 2. The van der Waals surface area contributed by atoms with E-state index >= 15 is 0 Å². The van der Waals surface area contributed by atoms with Crippen molar-refractivity contribution in [1.82, 2.24) is 15.0 Å². The molecule has 0 spiro atoms. The molecule has 0 aliphatic heterocycles. The van der Waals surface area contributed by atoms with Gasteiger partial charge < -0.3 is 9.26 Å². The summed E-state index contributed by atoms with van der Waals surface area (Å²) in [7, 11) is 1.68. The Morgan fingerprint density at radius 2 is 1.80 bits per heavy atom. The van der Waals surface area contributed by atoms with E-state index in [2.05, 4.69) is 27.2 Å². The summed E-state index contributed by atoms with van der Waals surface area (Å²) in [6, 6.07) is 16.2. The zero-order valence-electron chi connectivity index (χ0n) is 14.1. The van der Waals surface area contributed by atoms with Crippen molar-refractivity contribution < 1.29 is 13.7 Å². The summed E-state index contributed by atoms with van der Waals surface area (Å²) >= 11 is 0. The molecule has 0 fully saturated rings. The van der Waals surface area contributed by atoms with Crippen molar-refractivity contribution in [1.29, 1.82) is 0 Å². The van der Waals surface area contributed by atoms with Crippen LogP contribution >= 0.6 is 0 Å². The first-order valence-corrected chi connectivity index (χ1v) is 8.08. The third-order valence-corrected chi connectivity index (χ3v) is 3.79. The predicted octanol–water partition coefficient (Wildman–Crippen LogP) is 3.52. The van der Waals surface area contributed by atoms with E-state index in [0.29, 0.717) is 24.9 Å². The molecule has 6 heteroatoms. The van der Waals surface area contributed by atoms with Crippen LogP contribution in [-0.4, -0.2) is 35.3 Å². The molecule has 0 aliphatic rings. The van der Waals surface area contributed by atoms with Gasteiger partial charge in [-0.05, 0) is 29.8 Å². The number of hydrogen-bond acceptors (Lipinski definition) is 5. The normalized spacial score (nSPS) is 11.2. The molecule has 130 valence electrons. The van der Waals surface area contributed by atoms with Crippen LogP contribution in [0, 0.1) is 5.82 Å². The third-order valence-electron chi connectivity index (χ3n) is 3.79. The molecule has 0 radical (unpaired) electrons. The fraction of sp³-hybridized carbons (Fsp3) is 0.263. The third kappa shape index (κ3) is 4.95. The van der Waals surface area contributed by atoms with Gasteiger partial charge in [0, 0.05) is 25.8 Å². The van der Waals surface area contributed by atoms with Crippen LogP contribution in [0.15, 0.2) is 59.1 Å². The number of ether oxygens (including phenoxy) is 1. The Kier molecular flexibility index (Phi) is 5.87. The topological polar surface area (TPSA) is 51.4 Å². The highest BCUT2D eigenvalue weighted by molar-refractivity contribution is 5.53. The summed E-state index contributed by atoms with van der Waals surface area (Å²) in [5.41, 5.74) is 1.93. The quantitative estimate of drug-likeness (QED) is 0.627. The van der Waals surface area contributed by atoms with Gasteiger partial charge in [-0.3, -0.25) is 4.90 Å². The van der Waals surface area contributed by atoms with Crippen molar-refractivity contribution in [3.63, 3.8) is 0 Å². The van der Waals surface area contributed by atoms with Gasteiger partial charge in [0.25, 0.3) is 0 Å². The Morgan fingerprint density at radius 1 is 1.04 bits per heavy atom. The number of methoxy groups -OCH3 is 1. The molecule has 1 heterocycles. The molecule has 2 aromatic carbocycles. The number of aromatic nitrogens is 2. The Balaban J connectivity index is 1.69. The second-order valence-corrected chi connectivity index (χ2v) is 5.71. The molecular formula is C19H20FN3O2. The van der Waals surface area contributed by atoms with E-state index in [1.807, 2.05) is 18.2 Å². The van der Waals surface area contributed by atoms with Crippen LogP contribution in [0.4, 0.5) is 4.39 Å². The van der Waals surface area contributed by atoms with E-state index in [4.69, 9.17) is 9.26 Å². The monoisotopic (exact) mass is 341 g/mol. The zero-order chi connectivity index (χ0) is 17.5. The average Bonchev–Trinajstić information content (AvgIpc) is 3.09. The van der Waals surface area contributed by atoms with Crippen molar-refractivity contribution in [2.75, 3.05) is 20.3 Å². The molecule has 1 aromatic heterocycles. The van der Waals surface area contributed by atoms with Crippen LogP contribution in [0.5, 0.6) is 0 Å². The number of nitrogens with zero attached hydrogens (tertiary/aromatic N) is 3. The lowest BCUT2D eigenvalue weighted by molar-refractivity contribution is 0.131. The molecule has 25 heavy (non-hydrogen) atoms. The van der Waals surface area contributed by atoms with E-state index < -0.39 is 0 Å². The fourth-order valence-electron chi connectivity index (χ4n) is 2.50. The lowest BCUT2D eigenvalue weighted by atomic mass is 10.2. The van der Waals surface area contributed by atoms with Crippen LogP contribution < -0.4 is 0 Å². The summed E-state index contributed by atoms with van der Waals surface area (Å²) in [5.74, 6) is 0.689. The van der Waals surface area contributed by atoms with Crippen LogP contribution in [0.1, 0.15) is 11.5 Å². The van der Waals surface area contributed by atoms with Crippen LogP contribution in [0.3, 0.4) is 0 Å². The van der Waals surface area contributed by atoms with Crippen LogP contribution in [0.2, 0.25) is 0 Å². The van der Waals surface area contributed by atoms with Gasteiger partial charge in [-0.1, -0.05) is 35.5 Å². The van der Waals surface area contributed by atoms with Crippen molar-refractivity contribution >= 4 is 0 Å². The maximum Gasteiger partial charge on any atom is 0.241 e. The van der Waals surface area contributed by atoms with Crippen LogP contribution in [0.25, 0.3) is 11.4 Å². The van der Waals surface area contributed by atoms with E-state index in [9.17, 15) is 4.39 Å². The van der Waals surface area contributed by atoms with Gasteiger partial charge in [-0.2, -0.15) is 4.98 Å². The molecular weight excluding hydrogens is 321 g/mol. The molecule has 0 saturated carbocycles. The SMILES string of the molecule is COCCN(Cc1ccccc1)Cc1nc(-c2ccc(F)cc2)no1. The van der Waals surface area contributed by atoms with Crippen molar-refractivity contribution in [3.8, 4) is 11.4 Å². The lowest BCUT2D eigenvalue weighted by Gasteiger charge is -2.20. The standard InChI is InChI=1S/C19H20FN3O2/c1-24-12-11-23(13-15-5-3-2-4-6-15)14-18-21-19(22-25-18)16-7-9-17(20)10-8-16/h2-10H,11-14H2,1H3. The molecule has 0 aliphatic carbocycles. The first kappa shape index (κ1) is 17.3. The molecule has 3 aromatic rings. The molecule has 0 atom stereocenters. The number of rotatable bonds is 8. The highest BCUT2D eigenvalue weighted by Crippen LogP contribution is 2.17. The summed E-state index contributed by atoms with van der Waals surface area (Å²) in [6.07, 6.45) is 0. The summed E-state index contributed by atoms with van der Waals surface area (Å²) < 4.78 is 23.6. The van der Waals surface area contributed by atoms with E-state index in [1.54, 1.807) is 19.2 Å². The maximum atomic E-state index is 13.0. The molecule has 0 saturated heterocycles. The minimum absolute atomic E-state index is 0.291. The van der Waals surface area contributed by atoms with Gasteiger partial charge in [0.15, 0.2) is 0 Å². The highest BCUT2D eigenvalue weighted by atomic mass is 19.1. The molecule has 3 rings (SSSR count). The van der Waals surface area contributed by atoms with Gasteiger partial charge in [-0.25, -0.2) is 4.39 Å². The van der Waals surface area contributed by atoms with Gasteiger partial charge in [0.05, 0.1) is 13.2 Å². The molecule has 0 bridgehead atoms. The largest absolute Gasteiger partial charge is 0.383 e. The Morgan fingerprint density at radius 3 is 2.52 bits per heavy atom. The van der Waals surface area contributed by atoms with E-state index in [0.717, 1.165) is 18.7 Å². The fourth-order valence-corrected chi connectivity index (χ4v) is 2.50. The van der Waals surface area contributed by atoms with Gasteiger partial charge >= 0.3 is 0 Å². The summed E-state index contributed by atoms with van der Waals surface area (Å²) in [6.45, 7) is 2.65. The van der Waals surface area contributed by atoms with E-state index in [-0.39, 0.29) is 5.82 Å². The smallest absolute Gasteiger partial charge is 0.241 e. The number of hydrogen-bond donors (Lipinski definition) is 0. The first-order chi connectivity index (χ1) is 12.2. The van der Waals surface area contributed by atoms with Gasteiger partial charge in [-0.15, -0.1) is 0 Å². The summed E-state index contributed by atoms with van der Waals surface area (Å²) in [5, 5.41) is 3.99. The van der Waals surface area contributed by atoms with Crippen molar-refractivity contribution in [2.45, 2.75) is 13.1 Å². The predicted molar refractivity (Wildman–Crippen MR) is 92.1 cm³/mol. The Labute approximate surface area is 146 Å². The van der Waals surface area contributed by atoms with Crippen molar-refractivity contribution in [2.24, 2.45) is 0 Å². The average molecular weight is 341 g/mol. The zero-order valence-corrected chi connectivity index (χ0v) is 14.1. The van der Waals surface area contributed by atoms with E-state index in [1.165, 1.54) is 17.7 Å². The molecule has 0 N–H and O–H groups in total. The molecule has 5 nitrogen and oxygen atoms in total. The maximum absolute atomic E-state index is 13.0. The number of halogens is 1. The molecule has 0 unspecified atom stereocenters. The van der Waals surface area contributed by atoms with Gasteiger partial charge in [0.2, 0.25) is 11.7 Å². The second-order valence-electron chi connectivity index (χ2n) is 5.71. The minimum atomic E-state index is -0.291. The second kappa shape index (κ2) is 8.50. The first-order valence-electron chi connectivity index (χ1n) is 8.08. The Hall–Kier alpha value is -2.57. The lowest BCUT2D eigenvalue weighted by Crippen LogP contribution is -2.26. The summed E-state index contributed by atoms with van der Waals surface area (Å²) in [4.78, 5) is 6.60. The van der Waals surface area contributed by atoms with Crippen LogP contribution in [-0.2, 0) is 17.8 Å². The Bertz CT molecular complexity index is 775. The molecule has 0 amide bonds.